The minimum absolute atomic E-state index is 0.502. The molecule has 94 valence electrons. The second-order valence-electron chi connectivity index (χ2n) is 4.57. The van der Waals surface area contributed by atoms with Gasteiger partial charge in [-0.3, -0.25) is 4.98 Å². The lowest BCUT2D eigenvalue weighted by molar-refractivity contribution is 0.0855. The number of rotatable bonds is 3. The van der Waals surface area contributed by atoms with Gasteiger partial charge in [-0.1, -0.05) is 0 Å². The van der Waals surface area contributed by atoms with Gasteiger partial charge >= 0.3 is 0 Å². The van der Waals surface area contributed by atoms with Crippen LogP contribution in [0.15, 0.2) is 18.3 Å². The smallest absolute Gasteiger partial charge is 0.0931 e. The van der Waals surface area contributed by atoms with Gasteiger partial charge in [0.05, 0.1) is 23.7 Å². The topological polar surface area (TPSA) is 45.6 Å². The van der Waals surface area contributed by atoms with E-state index in [1.54, 1.807) is 6.92 Å². The molecule has 0 unspecified atom stereocenters. The van der Waals surface area contributed by atoms with Crippen molar-refractivity contribution in [3.05, 3.63) is 24.0 Å². The summed E-state index contributed by atoms with van der Waals surface area (Å²) in [6.07, 6.45) is 3.46. The Morgan fingerprint density at radius 2 is 2.12 bits per heavy atom. The third kappa shape index (κ3) is 2.96. The first-order valence-corrected chi connectivity index (χ1v) is 6.13. The highest BCUT2D eigenvalue weighted by molar-refractivity contribution is 5.45. The van der Waals surface area contributed by atoms with E-state index >= 15 is 0 Å². The Kier molecular flexibility index (Phi) is 3.97. The molecule has 0 amide bonds. The molecular formula is C13H20N2O2. The lowest BCUT2D eigenvalue weighted by Gasteiger charge is -2.32. The van der Waals surface area contributed by atoms with Gasteiger partial charge in [0.2, 0.25) is 0 Å². The molecule has 1 aliphatic rings. The average Bonchev–Trinajstić information content (AvgIpc) is 2.39. The van der Waals surface area contributed by atoms with Crippen LogP contribution in [0.1, 0.15) is 31.6 Å². The quantitative estimate of drug-likeness (QED) is 0.868. The number of hydrogen-bond acceptors (Lipinski definition) is 4. The van der Waals surface area contributed by atoms with Crippen LogP contribution in [-0.4, -0.2) is 36.4 Å². The fourth-order valence-electron chi connectivity index (χ4n) is 2.14. The monoisotopic (exact) mass is 236 g/mol. The van der Waals surface area contributed by atoms with E-state index in [2.05, 4.69) is 16.9 Å². The van der Waals surface area contributed by atoms with Gasteiger partial charge in [-0.15, -0.1) is 0 Å². The molecule has 1 saturated heterocycles. The summed E-state index contributed by atoms with van der Waals surface area (Å²) in [5.41, 5.74) is 1.82. The molecule has 0 saturated carbocycles. The maximum Gasteiger partial charge on any atom is 0.0931 e. The molecule has 1 aromatic rings. The number of aromatic nitrogens is 1. The molecule has 0 aromatic carbocycles. The van der Waals surface area contributed by atoms with Crippen molar-refractivity contribution < 1.29 is 9.84 Å². The zero-order valence-electron chi connectivity index (χ0n) is 10.5. The van der Waals surface area contributed by atoms with Crippen LogP contribution >= 0.6 is 0 Å². The summed E-state index contributed by atoms with van der Waals surface area (Å²) < 4.78 is 5.36. The molecule has 0 aliphatic carbocycles. The van der Waals surface area contributed by atoms with E-state index in [1.165, 1.54) is 0 Å². The second kappa shape index (κ2) is 5.47. The van der Waals surface area contributed by atoms with Crippen molar-refractivity contribution in [1.29, 1.82) is 0 Å². The number of nitrogens with zero attached hydrogens (tertiary/aromatic N) is 2. The van der Waals surface area contributed by atoms with E-state index in [1.807, 2.05) is 18.3 Å². The molecule has 1 aliphatic heterocycles. The molecule has 2 rings (SSSR count). The predicted molar refractivity (Wildman–Crippen MR) is 67.1 cm³/mol. The zero-order chi connectivity index (χ0) is 12.3. The SMILES string of the molecule is C[C@@H](O)c1ccc(N(C)C2CCOCC2)cn1. The van der Waals surface area contributed by atoms with Gasteiger partial charge in [-0.05, 0) is 31.9 Å². The largest absolute Gasteiger partial charge is 0.387 e. The number of ether oxygens (including phenoxy) is 1. The van der Waals surface area contributed by atoms with E-state index in [0.29, 0.717) is 11.7 Å². The molecule has 4 heteroatoms. The van der Waals surface area contributed by atoms with Crippen LogP contribution in [0, 0.1) is 0 Å². The third-order valence-electron chi connectivity index (χ3n) is 3.34. The first-order valence-electron chi connectivity index (χ1n) is 6.13. The van der Waals surface area contributed by atoms with Crippen LogP contribution in [0.3, 0.4) is 0 Å². The van der Waals surface area contributed by atoms with E-state index in [9.17, 15) is 5.11 Å². The minimum Gasteiger partial charge on any atom is -0.387 e. The van der Waals surface area contributed by atoms with E-state index in [0.717, 1.165) is 31.7 Å². The summed E-state index contributed by atoms with van der Waals surface area (Å²) in [5, 5.41) is 9.41. The Morgan fingerprint density at radius 3 is 2.65 bits per heavy atom. The molecule has 1 atom stereocenters. The van der Waals surface area contributed by atoms with Gasteiger partial charge in [0.15, 0.2) is 0 Å². The first kappa shape index (κ1) is 12.3. The number of aliphatic hydroxyl groups excluding tert-OH is 1. The minimum atomic E-state index is -0.502. The van der Waals surface area contributed by atoms with Crippen LogP contribution < -0.4 is 4.90 Å². The Bertz CT molecular complexity index is 345. The first-order chi connectivity index (χ1) is 8.18. The molecule has 4 nitrogen and oxygen atoms in total. The maximum atomic E-state index is 9.41. The molecular weight excluding hydrogens is 216 g/mol. The van der Waals surface area contributed by atoms with Crippen molar-refractivity contribution in [1.82, 2.24) is 4.98 Å². The van der Waals surface area contributed by atoms with Crippen LogP contribution in [0.5, 0.6) is 0 Å². The van der Waals surface area contributed by atoms with Crippen LogP contribution in [0.2, 0.25) is 0 Å². The van der Waals surface area contributed by atoms with Gasteiger partial charge in [0, 0.05) is 26.3 Å². The van der Waals surface area contributed by atoms with Crippen molar-refractivity contribution in [2.24, 2.45) is 0 Å². The molecule has 0 spiro atoms. The number of pyridine rings is 1. The second-order valence-corrected chi connectivity index (χ2v) is 4.57. The Morgan fingerprint density at radius 1 is 1.41 bits per heavy atom. The van der Waals surface area contributed by atoms with Crippen LogP contribution in [0.4, 0.5) is 5.69 Å². The lowest BCUT2D eigenvalue weighted by atomic mass is 10.1. The summed E-state index contributed by atoms with van der Waals surface area (Å²) in [6, 6.07) is 4.43. The summed E-state index contributed by atoms with van der Waals surface area (Å²) in [4.78, 5) is 6.52. The summed E-state index contributed by atoms with van der Waals surface area (Å²) in [5.74, 6) is 0. The number of anilines is 1. The van der Waals surface area contributed by atoms with Crippen molar-refractivity contribution in [2.45, 2.75) is 31.9 Å². The molecule has 1 fully saturated rings. The standard InChI is InChI=1S/C13H20N2O2/c1-10(16)13-4-3-12(9-14-13)15(2)11-5-7-17-8-6-11/h3-4,9-11,16H,5-8H2,1-2H3/t10-/m1/s1. The van der Waals surface area contributed by atoms with Crippen LogP contribution in [0.25, 0.3) is 0 Å². The van der Waals surface area contributed by atoms with E-state index in [-0.39, 0.29) is 0 Å². The highest BCUT2D eigenvalue weighted by Gasteiger charge is 2.19. The van der Waals surface area contributed by atoms with Gasteiger partial charge in [-0.2, -0.15) is 0 Å². The van der Waals surface area contributed by atoms with E-state index < -0.39 is 6.10 Å². The molecule has 17 heavy (non-hydrogen) atoms. The third-order valence-corrected chi connectivity index (χ3v) is 3.34. The Hall–Kier alpha value is -1.13. The van der Waals surface area contributed by atoms with Crippen molar-refractivity contribution in [3.63, 3.8) is 0 Å². The molecule has 1 N–H and O–H groups in total. The summed E-state index contributed by atoms with van der Waals surface area (Å²) >= 11 is 0. The molecule has 2 heterocycles. The number of aliphatic hydroxyl groups is 1. The predicted octanol–water partition coefficient (Wildman–Crippen LogP) is 1.75. The van der Waals surface area contributed by atoms with Gasteiger partial charge in [0.25, 0.3) is 0 Å². The van der Waals surface area contributed by atoms with Gasteiger partial charge < -0.3 is 14.7 Å². The average molecular weight is 236 g/mol. The fraction of sp³-hybridized carbons (Fsp3) is 0.615. The van der Waals surface area contributed by atoms with Gasteiger partial charge in [0.1, 0.15) is 0 Å². The summed E-state index contributed by atoms with van der Waals surface area (Å²) in [6.45, 7) is 3.41. The van der Waals surface area contributed by atoms with E-state index in [4.69, 9.17) is 4.74 Å². The lowest BCUT2D eigenvalue weighted by Crippen LogP contribution is -2.36. The van der Waals surface area contributed by atoms with Crippen molar-refractivity contribution in [3.8, 4) is 0 Å². The summed E-state index contributed by atoms with van der Waals surface area (Å²) in [7, 11) is 2.09. The van der Waals surface area contributed by atoms with Crippen molar-refractivity contribution in [2.75, 3.05) is 25.2 Å². The number of hydrogen-bond donors (Lipinski definition) is 1. The maximum absolute atomic E-state index is 9.41. The van der Waals surface area contributed by atoms with Crippen molar-refractivity contribution >= 4 is 5.69 Å². The van der Waals surface area contributed by atoms with Gasteiger partial charge in [-0.25, -0.2) is 0 Å². The van der Waals surface area contributed by atoms with Crippen LogP contribution in [-0.2, 0) is 4.74 Å². The molecule has 0 bridgehead atoms. The highest BCUT2D eigenvalue weighted by atomic mass is 16.5. The zero-order valence-corrected chi connectivity index (χ0v) is 10.5. The highest BCUT2D eigenvalue weighted by Crippen LogP contribution is 2.21. The molecule has 0 radical (unpaired) electrons. The Labute approximate surface area is 102 Å². The Balaban J connectivity index is 2.05. The normalized spacial score (nSPS) is 19.0. The fourth-order valence-corrected chi connectivity index (χ4v) is 2.14. The molecule has 1 aromatic heterocycles.